The zero-order valence-corrected chi connectivity index (χ0v) is 17.2. The number of aliphatic carboxylic acids is 1. The van der Waals surface area contributed by atoms with Gasteiger partial charge in [0.15, 0.2) is 18.5 Å². The van der Waals surface area contributed by atoms with E-state index in [1.165, 1.54) is 12.1 Å². The second-order valence-electron chi connectivity index (χ2n) is 8.14. The Morgan fingerprint density at radius 2 is 1.72 bits per heavy atom. The number of hydrogen-bond acceptors (Lipinski definition) is 8. The predicted molar refractivity (Wildman–Crippen MR) is 114 cm³/mol. The van der Waals surface area contributed by atoms with Gasteiger partial charge in [-0.25, -0.2) is 9.59 Å². The molecule has 3 rings (SSSR count). The van der Waals surface area contributed by atoms with Gasteiger partial charge in [0.1, 0.15) is 18.3 Å². The summed E-state index contributed by atoms with van der Waals surface area (Å²) in [6.45, 7) is -0.627. The van der Waals surface area contributed by atoms with Crippen molar-refractivity contribution in [3.05, 3.63) is 35.9 Å². The van der Waals surface area contributed by atoms with E-state index in [2.05, 4.69) is 0 Å². The van der Waals surface area contributed by atoms with Gasteiger partial charge in [0.2, 0.25) is 0 Å². The molecule has 1 aliphatic carbocycles. The molecule has 1 saturated heterocycles. The molecule has 1 aromatic carbocycles. The molecule has 174 valence electrons. The summed E-state index contributed by atoms with van der Waals surface area (Å²) in [5, 5.41) is 40.2. The van der Waals surface area contributed by atoms with Gasteiger partial charge in [0.05, 0.1) is 12.2 Å². The third-order valence-electron chi connectivity index (χ3n) is 5.94. The van der Waals surface area contributed by atoms with E-state index >= 15 is 0 Å². The average Bonchev–Trinajstić information content (AvgIpc) is 2.78. The van der Waals surface area contributed by atoms with Crippen LogP contribution in [0.5, 0.6) is 0 Å². The molecule has 32 heavy (non-hydrogen) atoms. The first-order valence-electron chi connectivity index (χ1n) is 10.7. The fourth-order valence-corrected chi connectivity index (χ4v) is 4.24. The van der Waals surface area contributed by atoms with E-state index < -0.39 is 55.4 Å². The molecule has 0 spiro atoms. The monoisotopic (exact) mass is 462 g/mol. The molecule has 1 heterocycles. The van der Waals surface area contributed by atoms with Crippen LogP contribution in [0.25, 0.3) is 0 Å². The molecule has 0 amide bonds. The van der Waals surface area contributed by atoms with Crippen molar-refractivity contribution < 1.29 is 44.2 Å². The van der Waals surface area contributed by atoms with Crippen molar-refractivity contribution in [2.45, 2.75) is 75.3 Å². The maximum atomic E-state index is 12.5. The molecule has 6 atom stereocenters. The minimum atomic E-state index is -1.71. The zero-order valence-electron chi connectivity index (χ0n) is 17.2. The molecule has 0 aromatic heterocycles. The summed E-state index contributed by atoms with van der Waals surface area (Å²) >= 11 is 0. The summed E-state index contributed by atoms with van der Waals surface area (Å²) in [4.78, 5) is 24.4. The van der Waals surface area contributed by atoms with Gasteiger partial charge >= 0.3 is 41.5 Å². The van der Waals surface area contributed by atoms with Crippen LogP contribution in [0.15, 0.2) is 30.3 Å². The Kier molecular flexibility index (Phi) is 11.1. The Morgan fingerprint density at radius 1 is 1.06 bits per heavy atom. The van der Waals surface area contributed by atoms with Crippen LogP contribution in [0.2, 0.25) is 0 Å². The number of aliphatic hydroxyl groups excluding tert-OH is 3. The number of carboxylic acids is 1. The molecule has 4 N–H and O–H groups in total. The van der Waals surface area contributed by atoms with Crippen LogP contribution in [-0.2, 0) is 19.0 Å². The minimum absolute atomic E-state index is 0. The number of carboxylic acid groups (broad SMARTS) is 1. The summed E-state index contributed by atoms with van der Waals surface area (Å²) in [5.41, 5.74) is 0.212. The van der Waals surface area contributed by atoms with Crippen LogP contribution in [0.4, 0.5) is 0 Å². The van der Waals surface area contributed by atoms with Gasteiger partial charge in [0.25, 0.3) is 0 Å². The first kappa shape index (κ1) is 27.2. The second kappa shape index (κ2) is 13.0. The molecule has 1 aliphatic heterocycles. The van der Waals surface area contributed by atoms with E-state index in [1.807, 2.05) is 0 Å². The Morgan fingerprint density at radius 3 is 2.31 bits per heavy atom. The van der Waals surface area contributed by atoms with Crippen molar-refractivity contribution in [2.75, 3.05) is 6.61 Å². The van der Waals surface area contributed by atoms with Crippen LogP contribution >= 0.6 is 0 Å². The number of rotatable bonds is 8. The van der Waals surface area contributed by atoms with Crippen molar-refractivity contribution in [1.29, 1.82) is 0 Å². The predicted octanol–water partition coefficient (Wildman–Crippen LogP) is 0.443. The summed E-state index contributed by atoms with van der Waals surface area (Å²) < 4.78 is 16.3. The molecule has 0 bridgehead atoms. The third-order valence-corrected chi connectivity index (χ3v) is 5.94. The van der Waals surface area contributed by atoms with Crippen LogP contribution in [0.1, 0.15) is 48.9 Å². The standard InChI is InChI=1S/C22H30O9.Na.H/c23-12-16-17(24)18(29-15(20(25)26)11-13-7-3-1-4-8-13)19(22(28)30-16)31-21(27)14-9-5-2-6-10-14;;/h2,5-6,9-10,13,15-19,22-24,28H,1,3-4,7-8,11-12H2,(H,25,26);;/t15-,16+,17-,18-,19+,22-;;/m0../s1. The van der Waals surface area contributed by atoms with E-state index in [4.69, 9.17) is 14.2 Å². The molecule has 2 aliphatic rings. The van der Waals surface area contributed by atoms with Crippen molar-refractivity contribution in [1.82, 2.24) is 0 Å². The Hall–Kier alpha value is -1.04. The third kappa shape index (κ3) is 6.98. The van der Waals surface area contributed by atoms with Crippen molar-refractivity contribution >= 4 is 41.5 Å². The van der Waals surface area contributed by atoms with Gasteiger partial charge in [-0.15, -0.1) is 0 Å². The van der Waals surface area contributed by atoms with Gasteiger partial charge < -0.3 is 34.6 Å². The topological polar surface area (TPSA) is 143 Å². The number of hydrogen-bond donors (Lipinski definition) is 4. The van der Waals surface area contributed by atoms with E-state index in [0.29, 0.717) is 0 Å². The van der Waals surface area contributed by atoms with Crippen molar-refractivity contribution in [2.24, 2.45) is 5.92 Å². The first-order valence-corrected chi connectivity index (χ1v) is 10.7. The molecular weight excluding hydrogens is 431 g/mol. The number of carbonyl (C=O) groups excluding carboxylic acids is 1. The molecule has 0 unspecified atom stereocenters. The molecule has 0 radical (unpaired) electrons. The van der Waals surface area contributed by atoms with Crippen LogP contribution in [-0.4, -0.2) is 105 Å². The second-order valence-corrected chi connectivity index (χ2v) is 8.14. The summed E-state index contributed by atoms with van der Waals surface area (Å²) in [7, 11) is 0. The fraction of sp³-hybridized carbons (Fsp3) is 0.636. The summed E-state index contributed by atoms with van der Waals surface area (Å²) in [5.74, 6) is -1.81. The van der Waals surface area contributed by atoms with Crippen LogP contribution < -0.4 is 0 Å². The van der Waals surface area contributed by atoms with Crippen molar-refractivity contribution in [3.8, 4) is 0 Å². The van der Waals surface area contributed by atoms with E-state index in [9.17, 15) is 30.0 Å². The Labute approximate surface area is 209 Å². The van der Waals surface area contributed by atoms with E-state index in [1.54, 1.807) is 18.2 Å². The van der Waals surface area contributed by atoms with Crippen molar-refractivity contribution in [3.63, 3.8) is 0 Å². The van der Waals surface area contributed by atoms with Crippen LogP contribution in [0.3, 0.4) is 0 Å². The molecule has 1 aromatic rings. The Balaban J connectivity index is 0.00000363. The first-order chi connectivity index (χ1) is 14.9. The molecule has 2 fully saturated rings. The van der Waals surface area contributed by atoms with Gasteiger partial charge in [-0.1, -0.05) is 50.3 Å². The Bertz CT molecular complexity index is 725. The van der Waals surface area contributed by atoms with Gasteiger partial charge in [-0.05, 0) is 24.5 Å². The molecule has 1 saturated carbocycles. The number of ether oxygens (including phenoxy) is 3. The normalized spacial score (nSPS) is 29.5. The van der Waals surface area contributed by atoms with Gasteiger partial charge in [-0.2, -0.15) is 0 Å². The maximum absolute atomic E-state index is 12.5. The number of esters is 1. The van der Waals surface area contributed by atoms with Crippen LogP contribution in [0, 0.1) is 5.92 Å². The molecule has 9 nitrogen and oxygen atoms in total. The number of carbonyl (C=O) groups is 2. The van der Waals surface area contributed by atoms with E-state index in [0.717, 1.165) is 32.1 Å². The fourth-order valence-electron chi connectivity index (χ4n) is 4.24. The SMILES string of the molecule is O=C(O[C@@H]1[C@@H](O[C@@H](CC2CCCCC2)C(=O)O)[C@@H](O)[C@@H](CO)O[C@@H]1O)c1ccccc1.[NaH]. The number of benzene rings is 1. The quantitative estimate of drug-likeness (QED) is 0.320. The average molecular weight is 462 g/mol. The number of aliphatic hydroxyl groups is 3. The molecular formula is C22H31NaO9. The zero-order chi connectivity index (χ0) is 22.4. The summed E-state index contributed by atoms with van der Waals surface area (Å²) in [6.07, 6.45) is -3.32. The van der Waals surface area contributed by atoms with Gasteiger partial charge in [-0.3, -0.25) is 0 Å². The van der Waals surface area contributed by atoms with E-state index in [-0.39, 0.29) is 47.5 Å². The molecule has 10 heteroatoms. The van der Waals surface area contributed by atoms with Gasteiger partial charge in [0, 0.05) is 0 Å². The summed E-state index contributed by atoms with van der Waals surface area (Å²) in [6, 6.07) is 8.04.